The third-order valence-corrected chi connectivity index (χ3v) is 4.20. The second-order valence-corrected chi connectivity index (χ2v) is 5.96. The number of hydrogen-bond donors (Lipinski definition) is 1. The molecule has 1 N–H and O–H groups in total. The van der Waals surface area contributed by atoms with Crippen LogP contribution in [0.5, 0.6) is 0 Å². The first kappa shape index (κ1) is 13.8. The minimum atomic E-state index is -0.401. The molecular formula is C17H10N2O3S. The summed E-state index contributed by atoms with van der Waals surface area (Å²) in [6.07, 6.45) is 1.55. The van der Waals surface area contributed by atoms with Crippen LogP contribution in [0, 0.1) is 0 Å². The third-order valence-electron chi connectivity index (χ3n) is 3.39. The van der Waals surface area contributed by atoms with E-state index in [1.54, 1.807) is 18.2 Å². The van der Waals surface area contributed by atoms with Crippen molar-refractivity contribution in [1.29, 1.82) is 0 Å². The van der Waals surface area contributed by atoms with Crippen molar-refractivity contribution in [3.05, 3.63) is 59.2 Å². The minimum absolute atomic E-state index is 0.322. The van der Waals surface area contributed by atoms with Gasteiger partial charge in [0.25, 0.3) is 11.1 Å². The zero-order valence-corrected chi connectivity index (χ0v) is 12.6. The smallest absolute Gasteiger partial charge is 0.290 e. The van der Waals surface area contributed by atoms with E-state index in [0.717, 1.165) is 22.7 Å². The summed E-state index contributed by atoms with van der Waals surface area (Å²) in [6.45, 7) is 0. The molecule has 23 heavy (non-hydrogen) atoms. The Morgan fingerprint density at radius 2 is 1.91 bits per heavy atom. The van der Waals surface area contributed by atoms with Gasteiger partial charge in [-0.15, -0.1) is 0 Å². The fourth-order valence-corrected chi connectivity index (χ4v) is 2.98. The Morgan fingerprint density at radius 1 is 1.04 bits per heavy atom. The summed E-state index contributed by atoms with van der Waals surface area (Å²) >= 11 is 0.861. The van der Waals surface area contributed by atoms with E-state index in [1.165, 1.54) is 0 Å². The van der Waals surface area contributed by atoms with Crippen LogP contribution in [0.1, 0.15) is 5.76 Å². The number of para-hydroxylation sites is 1. The average molecular weight is 322 g/mol. The molecule has 2 aromatic heterocycles. The van der Waals surface area contributed by atoms with Crippen molar-refractivity contribution in [2.75, 3.05) is 0 Å². The van der Waals surface area contributed by atoms with Crippen molar-refractivity contribution in [3.8, 4) is 11.5 Å². The standard InChI is InChI=1S/C17H10N2O3S/c20-16-15(23-17(21)19-16)9-11-6-8-14(22-11)13-7-5-10-3-1-2-4-12(10)18-13/h1-9H,(H,19,20,21)/b15-9-. The Bertz CT molecular complexity index is 975. The highest BCUT2D eigenvalue weighted by Gasteiger charge is 2.25. The van der Waals surface area contributed by atoms with Gasteiger partial charge < -0.3 is 4.42 Å². The Hall–Kier alpha value is -2.86. The van der Waals surface area contributed by atoms with Crippen LogP contribution in [0.2, 0.25) is 0 Å². The molecule has 6 heteroatoms. The van der Waals surface area contributed by atoms with Crippen LogP contribution in [-0.4, -0.2) is 16.1 Å². The Kier molecular flexibility index (Phi) is 3.24. The molecule has 1 aromatic carbocycles. The van der Waals surface area contributed by atoms with Gasteiger partial charge in [-0.25, -0.2) is 4.98 Å². The SMILES string of the molecule is O=C1NC(=O)/C(=C/c2ccc(-c3ccc4ccccc4n3)o2)S1. The maximum absolute atomic E-state index is 11.5. The molecule has 0 radical (unpaired) electrons. The summed E-state index contributed by atoms with van der Waals surface area (Å²) < 4.78 is 5.72. The molecule has 112 valence electrons. The van der Waals surface area contributed by atoms with Gasteiger partial charge in [0.1, 0.15) is 11.5 Å². The number of imide groups is 1. The first-order valence-corrected chi connectivity index (χ1v) is 7.71. The van der Waals surface area contributed by atoms with E-state index in [1.807, 2.05) is 36.4 Å². The van der Waals surface area contributed by atoms with E-state index in [0.29, 0.717) is 22.1 Å². The van der Waals surface area contributed by atoms with Crippen molar-refractivity contribution < 1.29 is 14.0 Å². The molecule has 0 aliphatic carbocycles. The van der Waals surface area contributed by atoms with Crippen molar-refractivity contribution in [1.82, 2.24) is 10.3 Å². The van der Waals surface area contributed by atoms with Gasteiger partial charge in [-0.1, -0.05) is 24.3 Å². The van der Waals surface area contributed by atoms with E-state index in [9.17, 15) is 9.59 Å². The lowest BCUT2D eigenvalue weighted by Crippen LogP contribution is -2.17. The van der Waals surface area contributed by atoms with Crippen molar-refractivity contribution in [3.63, 3.8) is 0 Å². The molecule has 0 spiro atoms. The number of fused-ring (bicyclic) bond motifs is 1. The molecule has 1 saturated heterocycles. The molecule has 0 unspecified atom stereocenters. The Balaban J connectivity index is 1.68. The van der Waals surface area contributed by atoms with Gasteiger partial charge in [0.15, 0.2) is 5.76 Å². The van der Waals surface area contributed by atoms with E-state index in [4.69, 9.17) is 4.42 Å². The van der Waals surface area contributed by atoms with Gasteiger partial charge in [0, 0.05) is 11.5 Å². The summed E-state index contributed by atoms with van der Waals surface area (Å²) in [5.74, 6) is 0.710. The number of hydrogen-bond acceptors (Lipinski definition) is 5. The number of thioether (sulfide) groups is 1. The monoisotopic (exact) mass is 322 g/mol. The lowest BCUT2D eigenvalue weighted by atomic mass is 10.2. The van der Waals surface area contributed by atoms with Gasteiger partial charge in [-0.05, 0) is 36.0 Å². The number of nitrogens with zero attached hydrogens (tertiary/aromatic N) is 1. The van der Waals surface area contributed by atoms with E-state index in [2.05, 4.69) is 10.3 Å². The summed E-state index contributed by atoms with van der Waals surface area (Å²) in [7, 11) is 0. The number of aromatic nitrogens is 1. The van der Waals surface area contributed by atoms with Crippen LogP contribution in [0.15, 0.2) is 57.9 Å². The molecule has 4 rings (SSSR count). The van der Waals surface area contributed by atoms with E-state index in [-0.39, 0.29) is 5.24 Å². The van der Waals surface area contributed by atoms with Gasteiger partial charge >= 0.3 is 0 Å². The predicted molar refractivity (Wildman–Crippen MR) is 88.6 cm³/mol. The van der Waals surface area contributed by atoms with Crippen LogP contribution in [0.25, 0.3) is 28.4 Å². The largest absolute Gasteiger partial charge is 0.455 e. The summed E-state index contributed by atoms with van der Waals surface area (Å²) in [5.41, 5.74) is 1.60. The summed E-state index contributed by atoms with van der Waals surface area (Å²) in [5, 5.41) is 2.90. The molecule has 0 saturated carbocycles. The molecular weight excluding hydrogens is 312 g/mol. The second-order valence-electron chi connectivity index (χ2n) is 4.94. The quantitative estimate of drug-likeness (QED) is 0.726. The average Bonchev–Trinajstić information content (AvgIpc) is 3.14. The number of nitrogens with one attached hydrogen (secondary N) is 1. The van der Waals surface area contributed by atoms with E-state index >= 15 is 0 Å². The molecule has 0 bridgehead atoms. The summed E-state index contributed by atoms with van der Waals surface area (Å²) in [6, 6.07) is 15.2. The number of pyridine rings is 1. The Morgan fingerprint density at radius 3 is 2.74 bits per heavy atom. The van der Waals surface area contributed by atoms with Crippen LogP contribution < -0.4 is 5.32 Å². The summed E-state index contributed by atoms with van der Waals surface area (Å²) in [4.78, 5) is 27.6. The topological polar surface area (TPSA) is 72.2 Å². The third kappa shape index (κ3) is 2.64. The predicted octanol–water partition coefficient (Wildman–Crippen LogP) is 3.82. The highest BCUT2D eigenvalue weighted by Crippen LogP contribution is 2.28. The second kappa shape index (κ2) is 5.40. The molecule has 1 fully saturated rings. The highest BCUT2D eigenvalue weighted by atomic mass is 32.2. The fraction of sp³-hybridized carbons (Fsp3) is 0. The van der Waals surface area contributed by atoms with Crippen molar-refractivity contribution in [2.24, 2.45) is 0 Å². The molecule has 0 atom stereocenters. The highest BCUT2D eigenvalue weighted by molar-refractivity contribution is 8.18. The van der Waals surface area contributed by atoms with Crippen molar-refractivity contribution >= 4 is 39.9 Å². The number of furan rings is 1. The van der Waals surface area contributed by atoms with Gasteiger partial charge in [0.05, 0.1) is 10.4 Å². The normalized spacial score (nSPS) is 16.3. The minimum Gasteiger partial charge on any atom is -0.455 e. The number of rotatable bonds is 2. The van der Waals surface area contributed by atoms with Crippen molar-refractivity contribution in [2.45, 2.75) is 0 Å². The molecule has 1 aliphatic heterocycles. The van der Waals surface area contributed by atoms with Crippen LogP contribution >= 0.6 is 11.8 Å². The number of carbonyl (C=O) groups is 2. The fourth-order valence-electron chi connectivity index (χ4n) is 2.32. The van der Waals surface area contributed by atoms with Gasteiger partial charge in [-0.2, -0.15) is 0 Å². The lowest BCUT2D eigenvalue weighted by molar-refractivity contribution is -0.115. The first-order valence-electron chi connectivity index (χ1n) is 6.90. The molecule has 1 aliphatic rings. The molecule has 5 nitrogen and oxygen atoms in total. The number of benzene rings is 1. The molecule has 3 aromatic rings. The molecule has 2 amide bonds. The first-order chi connectivity index (χ1) is 11.2. The Labute approximate surface area is 135 Å². The van der Waals surface area contributed by atoms with Gasteiger partial charge in [0.2, 0.25) is 0 Å². The van der Waals surface area contributed by atoms with Gasteiger partial charge in [-0.3, -0.25) is 14.9 Å². The maximum atomic E-state index is 11.5. The zero-order chi connectivity index (χ0) is 15.8. The lowest BCUT2D eigenvalue weighted by Gasteiger charge is -2.00. The zero-order valence-electron chi connectivity index (χ0n) is 11.8. The number of carbonyl (C=O) groups excluding carboxylic acids is 2. The van der Waals surface area contributed by atoms with E-state index < -0.39 is 5.91 Å². The van der Waals surface area contributed by atoms with Crippen LogP contribution in [0.3, 0.4) is 0 Å². The molecule has 3 heterocycles. The van der Waals surface area contributed by atoms with Crippen LogP contribution in [0.4, 0.5) is 4.79 Å². The van der Waals surface area contributed by atoms with Crippen LogP contribution in [-0.2, 0) is 4.79 Å². The number of amides is 2. The maximum Gasteiger partial charge on any atom is 0.290 e.